The Hall–Kier alpha value is -1.27. The third-order valence-corrected chi connectivity index (χ3v) is 3.75. The fourth-order valence-electron chi connectivity index (χ4n) is 1.52. The first-order chi connectivity index (χ1) is 8.51. The van der Waals surface area contributed by atoms with Crippen LogP contribution in [0.15, 0.2) is 0 Å². The van der Waals surface area contributed by atoms with Crippen LogP contribution in [0.3, 0.4) is 0 Å². The number of likely N-dealkylation sites (N-methyl/N-ethyl adjacent to an activating group) is 1. The first-order valence-corrected chi connectivity index (χ1v) is 6.66. The highest BCUT2D eigenvalue weighted by Gasteiger charge is 2.23. The van der Waals surface area contributed by atoms with Gasteiger partial charge in [0, 0.05) is 19.4 Å². The maximum Gasteiger partial charge on any atom is 0.358 e. The number of Topliss-reactive ketones (excluding diaryl/α,β-unsaturated/α-hetero) is 1. The molecule has 18 heavy (non-hydrogen) atoms. The molecule has 6 heteroatoms. The van der Waals surface area contributed by atoms with Crippen LogP contribution in [0.4, 0.5) is 0 Å². The first kappa shape index (κ1) is 14.8. The van der Waals surface area contributed by atoms with E-state index in [1.54, 1.807) is 6.92 Å². The second-order valence-corrected chi connectivity index (χ2v) is 5.00. The molecule has 0 saturated carbocycles. The number of carbonyl (C=O) groups is 2. The number of ketones is 1. The zero-order valence-electron chi connectivity index (χ0n) is 11.1. The zero-order chi connectivity index (χ0) is 13.7. The van der Waals surface area contributed by atoms with Crippen LogP contribution in [-0.4, -0.2) is 36.9 Å². The zero-order valence-corrected chi connectivity index (χ0v) is 11.9. The van der Waals surface area contributed by atoms with Crippen molar-refractivity contribution in [2.45, 2.75) is 26.7 Å². The molecule has 1 aromatic rings. The lowest BCUT2D eigenvalue weighted by Crippen LogP contribution is -2.15. The topological polar surface area (TPSA) is 68.3 Å². The Labute approximate surface area is 111 Å². The SMILES string of the molecule is CCOC(=O)c1nc(C(C)CNC)sc1C(C)=O. The molecular formula is C12H18N2O3S. The van der Waals surface area contributed by atoms with Crippen LogP contribution in [-0.2, 0) is 4.74 Å². The molecule has 0 amide bonds. The average Bonchev–Trinajstić information content (AvgIpc) is 2.74. The number of carbonyl (C=O) groups excluding carboxylic acids is 2. The molecule has 0 saturated heterocycles. The number of hydrogen-bond donors (Lipinski definition) is 1. The Kier molecular flexibility index (Phi) is 5.43. The molecule has 1 N–H and O–H groups in total. The third kappa shape index (κ3) is 3.36. The Morgan fingerprint density at radius 1 is 1.50 bits per heavy atom. The van der Waals surface area contributed by atoms with Crippen molar-refractivity contribution in [3.05, 3.63) is 15.6 Å². The van der Waals surface area contributed by atoms with E-state index in [0.29, 0.717) is 4.88 Å². The van der Waals surface area contributed by atoms with Crippen molar-refractivity contribution in [2.24, 2.45) is 0 Å². The van der Waals surface area contributed by atoms with Gasteiger partial charge in [-0.25, -0.2) is 9.78 Å². The molecule has 0 aliphatic heterocycles. The molecule has 1 rings (SSSR count). The van der Waals surface area contributed by atoms with Gasteiger partial charge in [-0.15, -0.1) is 11.3 Å². The molecule has 0 aliphatic carbocycles. The van der Waals surface area contributed by atoms with Crippen molar-refractivity contribution in [2.75, 3.05) is 20.2 Å². The lowest BCUT2D eigenvalue weighted by Gasteiger charge is -2.05. The van der Waals surface area contributed by atoms with Gasteiger partial charge >= 0.3 is 5.97 Å². The minimum Gasteiger partial charge on any atom is -0.461 e. The second kappa shape index (κ2) is 6.61. The van der Waals surface area contributed by atoms with Crippen molar-refractivity contribution < 1.29 is 14.3 Å². The van der Waals surface area contributed by atoms with Gasteiger partial charge < -0.3 is 10.1 Å². The largest absolute Gasteiger partial charge is 0.461 e. The van der Waals surface area contributed by atoms with E-state index in [2.05, 4.69) is 10.3 Å². The molecule has 5 nitrogen and oxygen atoms in total. The minimum atomic E-state index is -0.526. The molecule has 1 aromatic heterocycles. The van der Waals surface area contributed by atoms with Gasteiger partial charge in [0.1, 0.15) is 4.88 Å². The summed E-state index contributed by atoms with van der Waals surface area (Å²) < 4.78 is 4.91. The van der Waals surface area contributed by atoms with Crippen LogP contribution in [0.2, 0.25) is 0 Å². The fraction of sp³-hybridized carbons (Fsp3) is 0.583. The number of ether oxygens (including phenoxy) is 1. The Balaban J connectivity index is 3.08. The number of hydrogen-bond acceptors (Lipinski definition) is 6. The summed E-state index contributed by atoms with van der Waals surface area (Å²) >= 11 is 1.27. The molecule has 100 valence electrons. The van der Waals surface area contributed by atoms with Gasteiger partial charge in [-0.2, -0.15) is 0 Å². The standard InChI is InChI=1S/C12H18N2O3S/c1-5-17-12(16)9-10(8(3)15)18-11(14-9)7(2)6-13-4/h7,13H,5-6H2,1-4H3. The smallest absolute Gasteiger partial charge is 0.358 e. The molecule has 1 atom stereocenters. The number of thiazole rings is 1. The van der Waals surface area contributed by atoms with Gasteiger partial charge in [0.2, 0.25) is 0 Å². The number of nitrogens with zero attached hydrogens (tertiary/aromatic N) is 1. The van der Waals surface area contributed by atoms with E-state index in [1.807, 2.05) is 14.0 Å². The lowest BCUT2D eigenvalue weighted by molar-refractivity contribution is 0.0517. The van der Waals surface area contributed by atoms with Crippen molar-refractivity contribution >= 4 is 23.1 Å². The van der Waals surface area contributed by atoms with Crippen molar-refractivity contribution in [1.82, 2.24) is 10.3 Å². The summed E-state index contributed by atoms with van der Waals surface area (Å²) in [6.45, 7) is 6.17. The minimum absolute atomic E-state index is 0.146. The summed E-state index contributed by atoms with van der Waals surface area (Å²) in [5.41, 5.74) is 0.146. The number of esters is 1. The van der Waals surface area contributed by atoms with Gasteiger partial charge in [-0.05, 0) is 14.0 Å². The van der Waals surface area contributed by atoms with Gasteiger partial charge in [-0.1, -0.05) is 6.92 Å². The quantitative estimate of drug-likeness (QED) is 0.631. The van der Waals surface area contributed by atoms with Gasteiger partial charge in [0.25, 0.3) is 0 Å². The van der Waals surface area contributed by atoms with E-state index in [0.717, 1.165) is 11.6 Å². The van der Waals surface area contributed by atoms with E-state index < -0.39 is 5.97 Å². The molecule has 0 spiro atoms. The highest BCUT2D eigenvalue weighted by Crippen LogP contribution is 2.26. The monoisotopic (exact) mass is 270 g/mol. The van der Waals surface area contributed by atoms with Crippen molar-refractivity contribution in [1.29, 1.82) is 0 Å². The highest BCUT2D eigenvalue weighted by atomic mass is 32.1. The number of aromatic nitrogens is 1. The van der Waals surface area contributed by atoms with Gasteiger partial charge in [0.05, 0.1) is 11.6 Å². The van der Waals surface area contributed by atoms with Crippen molar-refractivity contribution in [3.63, 3.8) is 0 Å². The summed E-state index contributed by atoms with van der Waals surface area (Å²) in [7, 11) is 1.85. The summed E-state index contributed by atoms with van der Waals surface area (Å²) in [4.78, 5) is 27.9. The predicted octanol–water partition coefficient (Wildman–Crippen LogP) is 1.85. The maximum absolute atomic E-state index is 11.7. The highest BCUT2D eigenvalue weighted by molar-refractivity contribution is 7.14. The Morgan fingerprint density at radius 2 is 2.17 bits per heavy atom. The fourth-order valence-corrected chi connectivity index (χ4v) is 2.52. The van der Waals surface area contributed by atoms with Gasteiger partial charge in [-0.3, -0.25) is 4.79 Å². The molecule has 0 radical (unpaired) electrons. The first-order valence-electron chi connectivity index (χ1n) is 5.84. The van der Waals surface area contributed by atoms with Crippen LogP contribution in [0.5, 0.6) is 0 Å². The average molecular weight is 270 g/mol. The maximum atomic E-state index is 11.7. The van der Waals surface area contributed by atoms with E-state index >= 15 is 0 Å². The molecule has 0 bridgehead atoms. The lowest BCUT2D eigenvalue weighted by atomic mass is 10.2. The van der Waals surface area contributed by atoms with Crippen LogP contribution < -0.4 is 5.32 Å². The van der Waals surface area contributed by atoms with Crippen LogP contribution in [0, 0.1) is 0 Å². The molecule has 0 fully saturated rings. The van der Waals surface area contributed by atoms with Gasteiger partial charge in [0.15, 0.2) is 11.5 Å². The summed E-state index contributed by atoms with van der Waals surface area (Å²) in [5.74, 6) is -0.526. The third-order valence-electron chi connectivity index (χ3n) is 2.36. The molecule has 1 unspecified atom stereocenters. The molecule has 0 aliphatic rings. The predicted molar refractivity (Wildman–Crippen MR) is 70.4 cm³/mol. The Bertz CT molecular complexity index is 443. The van der Waals surface area contributed by atoms with Crippen molar-refractivity contribution in [3.8, 4) is 0 Å². The van der Waals surface area contributed by atoms with Crippen LogP contribution >= 0.6 is 11.3 Å². The summed E-state index contributed by atoms with van der Waals surface area (Å²) in [6.07, 6.45) is 0. The Morgan fingerprint density at radius 3 is 2.67 bits per heavy atom. The van der Waals surface area contributed by atoms with Crippen LogP contribution in [0.1, 0.15) is 51.9 Å². The summed E-state index contributed by atoms with van der Waals surface area (Å²) in [5, 5.41) is 3.82. The van der Waals surface area contributed by atoms with E-state index in [9.17, 15) is 9.59 Å². The molecule has 1 heterocycles. The number of nitrogens with one attached hydrogen (secondary N) is 1. The van der Waals surface area contributed by atoms with E-state index in [-0.39, 0.29) is 24.0 Å². The second-order valence-electron chi connectivity index (χ2n) is 3.97. The van der Waals surface area contributed by atoms with Crippen LogP contribution in [0.25, 0.3) is 0 Å². The van der Waals surface area contributed by atoms with E-state index in [4.69, 9.17) is 4.74 Å². The normalized spacial score (nSPS) is 12.2. The molecular weight excluding hydrogens is 252 g/mol. The number of rotatable bonds is 6. The van der Waals surface area contributed by atoms with E-state index in [1.165, 1.54) is 18.3 Å². The molecule has 0 aromatic carbocycles. The summed E-state index contributed by atoms with van der Waals surface area (Å²) in [6, 6.07) is 0.